The van der Waals surface area contributed by atoms with Gasteiger partial charge in [-0.25, -0.2) is 0 Å². The summed E-state index contributed by atoms with van der Waals surface area (Å²) in [6.07, 6.45) is 4.22. The minimum Gasteiger partial charge on any atom is -0.333 e. The molecule has 0 saturated heterocycles. The van der Waals surface area contributed by atoms with Crippen molar-refractivity contribution in [2.75, 3.05) is 6.54 Å². The Morgan fingerprint density at radius 2 is 1.80 bits per heavy atom. The summed E-state index contributed by atoms with van der Waals surface area (Å²) in [5.41, 5.74) is 5.07. The van der Waals surface area contributed by atoms with Crippen LogP contribution in [0.4, 0.5) is 0 Å². The van der Waals surface area contributed by atoms with E-state index < -0.39 is 0 Å². The van der Waals surface area contributed by atoms with Crippen molar-refractivity contribution in [3.8, 4) is 11.3 Å². The third-order valence-electron chi connectivity index (χ3n) is 4.58. The lowest BCUT2D eigenvalue weighted by Crippen LogP contribution is -2.30. The van der Waals surface area contributed by atoms with Gasteiger partial charge in [0.1, 0.15) is 0 Å². The number of pyridine rings is 1. The number of amides is 1. The van der Waals surface area contributed by atoms with E-state index in [9.17, 15) is 4.79 Å². The molecule has 4 rings (SSSR count). The topological polar surface area (TPSA) is 51.0 Å². The number of hydrogen-bond donors (Lipinski definition) is 0. The third kappa shape index (κ3) is 3.18. The van der Waals surface area contributed by atoms with Gasteiger partial charge in [-0.3, -0.25) is 14.5 Å². The van der Waals surface area contributed by atoms with Crippen LogP contribution in [-0.2, 0) is 13.1 Å². The highest BCUT2D eigenvalue weighted by molar-refractivity contribution is 5.94. The third-order valence-corrected chi connectivity index (χ3v) is 4.58. The van der Waals surface area contributed by atoms with Crippen LogP contribution in [0.1, 0.15) is 28.0 Å². The van der Waals surface area contributed by atoms with Crippen LogP contribution in [0.15, 0.2) is 54.9 Å². The van der Waals surface area contributed by atoms with Crippen LogP contribution in [0.5, 0.6) is 0 Å². The number of benzene rings is 1. The van der Waals surface area contributed by atoms with Crippen LogP contribution < -0.4 is 0 Å². The summed E-state index contributed by atoms with van der Waals surface area (Å²) in [7, 11) is 0. The van der Waals surface area contributed by atoms with E-state index in [1.165, 1.54) is 5.56 Å². The van der Waals surface area contributed by atoms with Gasteiger partial charge in [0, 0.05) is 36.6 Å². The van der Waals surface area contributed by atoms with Crippen molar-refractivity contribution >= 4 is 5.91 Å². The zero-order valence-electron chi connectivity index (χ0n) is 14.2. The minimum absolute atomic E-state index is 0.0499. The quantitative estimate of drug-likeness (QED) is 0.723. The number of hydrogen-bond acceptors (Lipinski definition) is 3. The molecule has 5 heteroatoms. The fraction of sp³-hybridized carbons (Fsp3) is 0.250. The first-order valence-electron chi connectivity index (χ1n) is 8.54. The van der Waals surface area contributed by atoms with Crippen molar-refractivity contribution in [1.29, 1.82) is 0 Å². The van der Waals surface area contributed by atoms with Gasteiger partial charge in [-0.15, -0.1) is 0 Å². The summed E-state index contributed by atoms with van der Waals surface area (Å²) >= 11 is 0. The Morgan fingerprint density at radius 1 is 1.04 bits per heavy atom. The van der Waals surface area contributed by atoms with Gasteiger partial charge in [0.05, 0.1) is 17.9 Å². The van der Waals surface area contributed by atoms with Gasteiger partial charge in [-0.05, 0) is 31.5 Å². The van der Waals surface area contributed by atoms with Crippen molar-refractivity contribution in [3.05, 3.63) is 71.7 Å². The molecule has 0 radical (unpaired) electrons. The largest absolute Gasteiger partial charge is 0.333 e. The predicted molar refractivity (Wildman–Crippen MR) is 96.0 cm³/mol. The average Bonchev–Trinajstić information content (AvgIpc) is 2.94. The molecule has 0 bridgehead atoms. The van der Waals surface area contributed by atoms with E-state index in [0.717, 1.165) is 36.5 Å². The molecule has 0 spiro atoms. The first-order valence-corrected chi connectivity index (χ1v) is 8.54. The lowest BCUT2D eigenvalue weighted by molar-refractivity contribution is 0.0745. The maximum absolute atomic E-state index is 12.7. The molecule has 2 aromatic heterocycles. The number of aryl methyl sites for hydroxylation is 2. The van der Waals surface area contributed by atoms with Crippen molar-refractivity contribution in [2.24, 2.45) is 0 Å². The number of carbonyl (C=O) groups excluding carboxylic acids is 1. The molecule has 1 aliphatic rings. The average molecular weight is 332 g/mol. The Hall–Kier alpha value is -2.95. The van der Waals surface area contributed by atoms with E-state index in [-0.39, 0.29) is 5.91 Å². The van der Waals surface area contributed by atoms with Crippen LogP contribution >= 0.6 is 0 Å². The number of carbonyl (C=O) groups is 1. The maximum Gasteiger partial charge on any atom is 0.254 e. The summed E-state index contributed by atoms with van der Waals surface area (Å²) in [5.74, 6) is 0.0499. The van der Waals surface area contributed by atoms with Crippen molar-refractivity contribution < 1.29 is 4.79 Å². The molecule has 126 valence electrons. The molecule has 1 amide bonds. The lowest BCUT2D eigenvalue weighted by Gasteiger charge is -2.19. The van der Waals surface area contributed by atoms with Crippen LogP contribution in [0, 0.1) is 6.92 Å². The molecule has 0 aliphatic carbocycles. The number of fused-ring (bicyclic) bond motifs is 1. The highest BCUT2D eigenvalue weighted by atomic mass is 16.2. The van der Waals surface area contributed by atoms with Gasteiger partial charge in [-0.2, -0.15) is 5.10 Å². The molecular formula is C20H20N4O. The van der Waals surface area contributed by atoms with Crippen LogP contribution in [0.3, 0.4) is 0 Å². The first-order chi connectivity index (χ1) is 12.2. The first kappa shape index (κ1) is 15.6. The van der Waals surface area contributed by atoms with E-state index >= 15 is 0 Å². The van der Waals surface area contributed by atoms with Crippen LogP contribution in [-0.4, -0.2) is 32.1 Å². The molecule has 0 atom stereocenters. The second-order valence-corrected chi connectivity index (χ2v) is 6.43. The number of nitrogens with zero attached hydrogens (tertiary/aromatic N) is 4. The molecule has 0 saturated carbocycles. The second kappa shape index (κ2) is 6.51. The second-order valence-electron chi connectivity index (χ2n) is 6.43. The molecule has 0 unspecified atom stereocenters. The lowest BCUT2D eigenvalue weighted by atomic mass is 10.1. The summed E-state index contributed by atoms with van der Waals surface area (Å²) < 4.78 is 2.04. The molecule has 0 fully saturated rings. The number of aromatic nitrogens is 3. The zero-order valence-corrected chi connectivity index (χ0v) is 14.2. The minimum atomic E-state index is 0.0499. The van der Waals surface area contributed by atoms with E-state index in [1.54, 1.807) is 24.5 Å². The highest BCUT2D eigenvalue weighted by Gasteiger charge is 2.21. The van der Waals surface area contributed by atoms with Crippen LogP contribution in [0.2, 0.25) is 0 Å². The normalized spacial score (nSPS) is 14.0. The maximum atomic E-state index is 12.7. The summed E-state index contributed by atoms with van der Waals surface area (Å²) in [6.45, 7) is 4.24. The summed E-state index contributed by atoms with van der Waals surface area (Å²) in [5, 5.41) is 4.75. The van der Waals surface area contributed by atoms with Gasteiger partial charge >= 0.3 is 0 Å². The van der Waals surface area contributed by atoms with E-state index in [2.05, 4.69) is 42.2 Å². The monoisotopic (exact) mass is 332 g/mol. The Kier molecular flexibility index (Phi) is 4.06. The molecule has 3 heterocycles. The standard InChI is InChI=1S/C20H20N4O/c1-15-3-5-16(6-4-15)19-13-18-14-23(11-2-12-24(18)22-19)20(25)17-7-9-21-10-8-17/h3-10,13H,2,11-12,14H2,1H3. The Labute approximate surface area is 146 Å². The zero-order chi connectivity index (χ0) is 17.2. The summed E-state index contributed by atoms with van der Waals surface area (Å²) in [6, 6.07) is 14.0. The molecular weight excluding hydrogens is 312 g/mol. The van der Waals surface area contributed by atoms with Gasteiger partial charge in [0.2, 0.25) is 0 Å². The van der Waals surface area contributed by atoms with Gasteiger partial charge in [0.25, 0.3) is 5.91 Å². The Morgan fingerprint density at radius 3 is 2.56 bits per heavy atom. The molecule has 0 N–H and O–H groups in total. The van der Waals surface area contributed by atoms with Crippen molar-refractivity contribution in [1.82, 2.24) is 19.7 Å². The molecule has 1 aromatic carbocycles. The molecule has 5 nitrogen and oxygen atoms in total. The van der Waals surface area contributed by atoms with E-state index in [4.69, 9.17) is 5.10 Å². The SMILES string of the molecule is Cc1ccc(-c2cc3n(n2)CCCN(C(=O)c2ccncc2)C3)cc1. The van der Waals surface area contributed by atoms with Gasteiger partial charge in [-0.1, -0.05) is 29.8 Å². The van der Waals surface area contributed by atoms with Gasteiger partial charge < -0.3 is 4.90 Å². The van der Waals surface area contributed by atoms with Crippen molar-refractivity contribution in [2.45, 2.75) is 26.4 Å². The summed E-state index contributed by atoms with van der Waals surface area (Å²) in [4.78, 5) is 18.6. The number of rotatable bonds is 2. The molecule has 1 aliphatic heterocycles. The van der Waals surface area contributed by atoms with E-state index in [0.29, 0.717) is 12.1 Å². The fourth-order valence-corrected chi connectivity index (χ4v) is 3.18. The van der Waals surface area contributed by atoms with Crippen molar-refractivity contribution in [3.63, 3.8) is 0 Å². The van der Waals surface area contributed by atoms with Gasteiger partial charge in [0.15, 0.2) is 0 Å². The fourth-order valence-electron chi connectivity index (χ4n) is 3.18. The predicted octanol–water partition coefficient (Wildman–Crippen LogP) is 3.30. The molecule has 3 aromatic rings. The molecule has 25 heavy (non-hydrogen) atoms. The van der Waals surface area contributed by atoms with E-state index in [1.807, 2.05) is 9.58 Å². The Balaban J connectivity index is 1.60. The van der Waals surface area contributed by atoms with Crippen LogP contribution in [0.25, 0.3) is 11.3 Å². The highest BCUT2D eigenvalue weighted by Crippen LogP contribution is 2.23. The smallest absolute Gasteiger partial charge is 0.254 e. The Bertz CT molecular complexity index is 884.